The molecule has 0 aromatic carbocycles. The zero-order valence-corrected chi connectivity index (χ0v) is 13.7. The van der Waals surface area contributed by atoms with E-state index < -0.39 is 0 Å². The summed E-state index contributed by atoms with van der Waals surface area (Å²) in [6, 6.07) is 8.10. The van der Waals surface area contributed by atoms with Crippen LogP contribution in [0.3, 0.4) is 0 Å². The maximum Gasteiger partial charge on any atom is 0.137 e. The predicted octanol–water partition coefficient (Wildman–Crippen LogP) is 3.99. The number of fused-ring (bicyclic) bond motifs is 1. The van der Waals surface area contributed by atoms with E-state index in [0.29, 0.717) is 5.92 Å². The van der Waals surface area contributed by atoms with E-state index in [4.69, 9.17) is 4.74 Å². The van der Waals surface area contributed by atoms with E-state index >= 15 is 0 Å². The van der Waals surface area contributed by atoms with Crippen LogP contribution >= 0.6 is 11.3 Å². The summed E-state index contributed by atoms with van der Waals surface area (Å²) in [5.41, 5.74) is 0. The molecule has 0 saturated carbocycles. The number of pyridine rings is 2. The van der Waals surface area contributed by atoms with Gasteiger partial charge in [-0.3, -0.25) is 4.98 Å². The van der Waals surface area contributed by atoms with E-state index in [1.807, 2.05) is 18.3 Å². The first-order valence-corrected chi connectivity index (χ1v) is 8.88. The first kappa shape index (κ1) is 14.5. The molecule has 0 radical (unpaired) electrons. The summed E-state index contributed by atoms with van der Waals surface area (Å²) < 4.78 is 7.19. The van der Waals surface area contributed by atoms with Crippen LogP contribution in [0.5, 0.6) is 5.75 Å². The fourth-order valence-corrected chi connectivity index (χ4v) is 3.87. The fraction of sp³-hybridized carbons (Fsp3) is 0.333. The van der Waals surface area contributed by atoms with Crippen LogP contribution < -0.4 is 9.64 Å². The zero-order chi connectivity index (χ0) is 15.5. The Morgan fingerprint density at radius 2 is 1.91 bits per heavy atom. The van der Waals surface area contributed by atoms with Gasteiger partial charge in [-0.1, -0.05) is 0 Å². The van der Waals surface area contributed by atoms with Crippen molar-refractivity contribution < 1.29 is 4.74 Å². The summed E-state index contributed by atoms with van der Waals surface area (Å²) in [6.07, 6.45) is 7.75. The molecule has 5 heteroatoms. The average Bonchev–Trinajstić information content (AvgIpc) is 3.10. The number of aromatic nitrogens is 2. The van der Waals surface area contributed by atoms with E-state index in [9.17, 15) is 0 Å². The highest BCUT2D eigenvalue weighted by Gasteiger charge is 2.22. The van der Waals surface area contributed by atoms with Crippen LogP contribution in [0.25, 0.3) is 10.1 Å². The quantitative estimate of drug-likeness (QED) is 0.727. The summed E-state index contributed by atoms with van der Waals surface area (Å²) in [7, 11) is 0. The third-order valence-electron chi connectivity index (χ3n) is 4.41. The summed E-state index contributed by atoms with van der Waals surface area (Å²) in [6.45, 7) is 2.88. The van der Waals surface area contributed by atoms with Crippen molar-refractivity contribution in [3.63, 3.8) is 0 Å². The van der Waals surface area contributed by atoms with E-state index in [1.54, 1.807) is 23.7 Å². The number of hydrogen-bond acceptors (Lipinski definition) is 5. The van der Waals surface area contributed by atoms with Crippen molar-refractivity contribution in [3.8, 4) is 5.75 Å². The molecule has 1 aliphatic heterocycles. The van der Waals surface area contributed by atoms with Gasteiger partial charge in [0, 0.05) is 41.8 Å². The number of hydrogen-bond donors (Lipinski definition) is 0. The molecule has 4 nitrogen and oxygen atoms in total. The third-order valence-corrected chi connectivity index (χ3v) is 5.29. The average molecular weight is 325 g/mol. The summed E-state index contributed by atoms with van der Waals surface area (Å²) in [5, 5.41) is 3.43. The van der Waals surface area contributed by atoms with Gasteiger partial charge in [-0.25, -0.2) is 4.98 Å². The maximum absolute atomic E-state index is 5.87. The van der Waals surface area contributed by atoms with Crippen molar-refractivity contribution in [2.24, 2.45) is 5.92 Å². The molecule has 3 aromatic rings. The van der Waals surface area contributed by atoms with Gasteiger partial charge in [0.2, 0.25) is 0 Å². The molecule has 0 N–H and O–H groups in total. The molecule has 23 heavy (non-hydrogen) atoms. The minimum Gasteiger partial charge on any atom is -0.493 e. The van der Waals surface area contributed by atoms with Gasteiger partial charge in [0.1, 0.15) is 11.6 Å². The molecule has 4 rings (SSSR count). The van der Waals surface area contributed by atoms with Gasteiger partial charge in [-0.05, 0) is 48.4 Å². The summed E-state index contributed by atoms with van der Waals surface area (Å²) in [5.74, 6) is 2.66. The number of nitrogens with zero attached hydrogens (tertiary/aromatic N) is 3. The second kappa shape index (κ2) is 6.54. The van der Waals surface area contributed by atoms with Gasteiger partial charge in [0.15, 0.2) is 0 Å². The third kappa shape index (κ3) is 3.15. The van der Waals surface area contributed by atoms with Crippen LogP contribution in [-0.4, -0.2) is 29.7 Å². The summed E-state index contributed by atoms with van der Waals surface area (Å²) in [4.78, 5) is 11.0. The van der Waals surface area contributed by atoms with Crippen LogP contribution in [-0.2, 0) is 0 Å². The Hall–Kier alpha value is -2.14. The molecular formula is C18H19N3OS. The fourth-order valence-electron chi connectivity index (χ4n) is 3.09. The monoisotopic (exact) mass is 325 g/mol. The normalized spacial score (nSPS) is 15.9. The van der Waals surface area contributed by atoms with Gasteiger partial charge in [0.25, 0.3) is 0 Å². The lowest BCUT2D eigenvalue weighted by Gasteiger charge is -2.33. The Kier molecular flexibility index (Phi) is 4.11. The first-order chi connectivity index (χ1) is 11.4. The molecule has 0 bridgehead atoms. The van der Waals surface area contributed by atoms with E-state index in [2.05, 4.69) is 32.4 Å². The minimum absolute atomic E-state index is 0.612. The highest BCUT2D eigenvalue weighted by atomic mass is 32.1. The molecule has 1 saturated heterocycles. The Morgan fingerprint density at radius 3 is 2.74 bits per heavy atom. The van der Waals surface area contributed by atoms with Crippen molar-refractivity contribution in [2.45, 2.75) is 12.8 Å². The Balaban J connectivity index is 1.37. The van der Waals surface area contributed by atoms with E-state index in [1.165, 1.54) is 10.1 Å². The number of piperidine rings is 1. The maximum atomic E-state index is 5.87. The Morgan fingerprint density at radius 1 is 1.09 bits per heavy atom. The standard InChI is InChI=1S/C18H19N3OS/c1-7-19-8-2-15(1)22-13-14-4-10-21(11-5-14)18-16-6-12-23-17(16)3-9-20-18/h1-3,6-9,12,14H,4-5,10-11,13H2. The van der Waals surface area contributed by atoms with Crippen LogP contribution in [0, 0.1) is 5.92 Å². The van der Waals surface area contributed by atoms with E-state index in [0.717, 1.165) is 44.1 Å². The van der Waals surface area contributed by atoms with Crippen molar-refractivity contribution >= 4 is 27.2 Å². The van der Waals surface area contributed by atoms with Crippen molar-refractivity contribution in [1.82, 2.24) is 9.97 Å². The predicted molar refractivity (Wildman–Crippen MR) is 94.3 cm³/mol. The van der Waals surface area contributed by atoms with Crippen molar-refractivity contribution in [2.75, 3.05) is 24.6 Å². The Bertz CT molecular complexity index is 766. The second-order valence-corrected chi connectivity index (χ2v) is 6.84. The second-order valence-electron chi connectivity index (χ2n) is 5.89. The van der Waals surface area contributed by atoms with Crippen LogP contribution in [0.4, 0.5) is 5.82 Å². The van der Waals surface area contributed by atoms with Crippen molar-refractivity contribution in [1.29, 1.82) is 0 Å². The summed E-state index contributed by atoms with van der Waals surface area (Å²) >= 11 is 1.78. The topological polar surface area (TPSA) is 38.2 Å². The van der Waals surface area contributed by atoms with Gasteiger partial charge in [-0.15, -0.1) is 11.3 Å². The van der Waals surface area contributed by atoms with E-state index in [-0.39, 0.29) is 0 Å². The lowest BCUT2D eigenvalue weighted by Crippen LogP contribution is -2.36. The molecule has 118 valence electrons. The Labute approximate surface area is 139 Å². The molecule has 1 aliphatic rings. The number of anilines is 1. The SMILES string of the molecule is c1cc(OCC2CCN(c3nccc4sccc34)CC2)ccn1. The highest BCUT2D eigenvalue weighted by molar-refractivity contribution is 7.17. The van der Waals surface area contributed by atoms with Gasteiger partial charge >= 0.3 is 0 Å². The highest BCUT2D eigenvalue weighted by Crippen LogP contribution is 2.31. The lowest BCUT2D eigenvalue weighted by molar-refractivity contribution is 0.222. The largest absolute Gasteiger partial charge is 0.493 e. The molecule has 0 spiro atoms. The van der Waals surface area contributed by atoms with Crippen molar-refractivity contribution in [3.05, 3.63) is 48.2 Å². The minimum atomic E-state index is 0.612. The molecule has 1 fully saturated rings. The molecule has 0 aliphatic carbocycles. The van der Waals surface area contributed by atoms with Gasteiger partial charge in [0.05, 0.1) is 6.61 Å². The molecule has 0 atom stereocenters. The van der Waals surface area contributed by atoms with Gasteiger partial charge < -0.3 is 9.64 Å². The molecule has 0 unspecified atom stereocenters. The first-order valence-electron chi connectivity index (χ1n) is 8.00. The molecule has 3 aromatic heterocycles. The number of ether oxygens (including phenoxy) is 1. The van der Waals surface area contributed by atoms with Crippen LogP contribution in [0.2, 0.25) is 0 Å². The number of rotatable bonds is 4. The van der Waals surface area contributed by atoms with Crippen LogP contribution in [0.15, 0.2) is 48.2 Å². The zero-order valence-electron chi connectivity index (χ0n) is 12.9. The molecular weight excluding hydrogens is 306 g/mol. The number of thiophene rings is 1. The van der Waals surface area contributed by atoms with Gasteiger partial charge in [-0.2, -0.15) is 0 Å². The van der Waals surface area contributed by atoms with Crippen LogP contribution in [0.1, 0.15) is 12.8 Å². The lowest BCUT2D eigenvalue weighted by atomic mass is 9.97. The molecule has 0 amide bonds. The smallest absolute Gasteiger partial charge is 0.137 e. The molecule has 4 heterocycles.